The number of phenols is 1. The molecular weight excluding hydrogens is 284 g/mol. The van der Waals surface area contributed by atoms with Crippen LogP contribution in [0.1, 0.15) is 26.3 Å². The van der Waals surface area contributed by atoms with Gasteiger partial charge < -0.3 is 24.9 Å². The van der Waals surface area contributed by atoms with E-state index in [0.717, 1.165) is 16.5 Å². The summed E-state index contributed by atoms with van der Waals surface area (Å²) >= 11 is 0. The van der Waals surface area contributed by atoms with E-state index in [2.05, 4.69) is 10.3 Å². The summed E-state index contributed by atoms with van der Waals surface area (Å²) in [5.41, 5.74) is 1.07. The van der Waals surface area contributed by atoms with Crippen molar-refractivity contribution >= 4 is 23.3 Å². The normalized spacial score (nSPS) is 12.9. The first-order valence-corrected chi connectivity index (χ1v) is 7.02. The zero-order valence-electron chi connectivity index (χ0n) is 12.8. The summed E-state index contributed by atoms with van der Waals surface area (Å²) in [6.45, 7) is 5.26. The van der Waals surface area contributed by atoms with Crippen molar-refractivity contribution in [2.75, 3.05) is 0 Å². The summed E-state index contributed by atoms with van der Waals surface area (Å²) in [6, 6.07) is 4.26. The lowest BCUT2D eigenvalue weighted by molar-refractivity contribution is -0.109. The Morgan fingerprint density at radius 1 is 1.45 bits per heavy atom. The fourth-order valence-electron chi connectivity index (χ4n) is 2.16. The van der Waals surface area contributed by atoms with E-state index in [9.17, 15) is 14.7 Å². The predicted molar refractivity (Wildman–Crippen MR) is 82.9 cm³/mol. The first-order valence-electron chi connectivity index (χ1n) is 7.02. The molecule has 1 amide bonds. The number of nitrogens with one attached hydrogen (secondary N) is 2. The van der Waals surface area contributed by atoms with E-state index in [0.29, 0.717) is 12.7 Å². The van der Waals surface area contributed by atoms with Gasteiger partial charge >= 0.3 is 6.09 Å². The number of aromatic amines is 1. The lowest BCUT2D eigenvalue weighted by Crippen LogP contribution is -2.41. The average Bonchev–Trinajstić information content (AvgIpc) is 2.78. The Labute approximate surface area is 128 Å². The maximum atomic E-state index is 11.7. The second-order valence-corrected chi connectivity index (χ2v) is 6.14. The van der Waals surface area contributed by atoms with Crippen molar-refractivity contribution in [3.63, 3.8) is 0 Å². The van der Waals surface area contributed by atoms with Crippen molar-refractivity contribution in [1.82, 2.24) is 10.3 Å². The van der Waals surface area contributed by atoms with Crippen LogP contribution in [0, 0.1) is 0 Å². The van der Waals surface area contributed by atoms with E-state index in [1.807, 2.05) is 0 Å². The molecule has 0 bridgehead atoms. The molecule has 1 heterocycles. The first kappa shape index (κ1) is 15.9. The number of aromatic nitrogens is 1. The number of aromatic hydroxyl groups is 1. The average molecular weight is 304 g/mol. The number of hydrogen-bond acceptors (Lipinski definition) is 4. The molecule has 0 unspecified atom stereocenters. The van der Waals surface area contributed by atoms with Gasteiger partial charge in [0.25, 0.3) is 0 Å². The smallest absolute Gasteiger partial charge is 0.408 e. The number of amides is 1. The molecule has 3 N–H and O–H groups in total. The Bertz CT molecular complexity index is 685. The number of ether oxygens (including phenoxy) is 1. The quantitative estimate of drug-likeness (QED) is 0.757. The molecule has 1 aromatic heterocycles. The number of carbonyl (C=O) groups is 2. The zero-order valence-corrected chi connectivity index (χ0v) is 12.8. The summed E-state index contributed by atoms with van der Waals surface area (Å²) < 4.78 is 5.14. The number of H-pyrrole nitrogens is 1. The van der Waals surface area contributed by atoms with Gasteiger partial charge in [-0.15, -0.1) is 0 Å². The van der Waals surface area contributed by atoms with E-state index in [1.165, 1.54) is 0 Å². The van der Waals surface area contributed by atoms with Crippen molar-refractivity contribution in [3.05, 3.63) is 30.0 Å². The highest BCUT2D eigenvalue weighted by Gasteiger charge is 2.20. The summed E-state index contributed by atoms with van der Waals surface area (Å²) in [5.74, 6) is 0.149. The predicted octanol–water partition coefficient (Wildman–Crippen LogP) is 2.51. The van der Waals surface area contributed by atoms with Crippen LogP contribution in [0.4, 0.5) is 4.79 Å². The highest BCUT2D eigenvalue weighted by molar-refractivity contribution is 5.85. The molecule has 22 heavy (non-hydrogen) atoms. The molecule has 6 nitrogen and oxygen atoms in total. The van der Waals surface area contributed by atoms with Gasteiger partial charge in [0.15, 0.2) is 0 Å². The monoisotopic (exact) mass is 304 g/mol. The molecule has 2 aromatic rings. The lowest BCUT2D eigenvalue weighted by atomic mass is 10.1. The van der Waals surface area contributed by atoms with E-state index < -0.39 is 17.7 Å². The van der Waals surface area contributed by atoms with Crippen LogP contribution in [-0.4, -0.2) is 34.1 Å². The number of benzene rings is 1. The van der Waals surface area contributed by atoms with Gasteiger partial charge in [0.1, 0.15) is 17.6 Å². The molecule has 0 radical (unpaired) electrons. The number of hydrogen-bond donors (Lipinski definition) is 3. The van der Waals surface area contributed by atoms with Crippen LogP contribution in [0.3, 0.4) is 0 Å². The molecule has 6 heteroatoms. The van der Waals surface area contributed by atoms with E-state index in [4.69, 9.17) is 4.74 Å². The minimum absolute atomic E-state index is 0.149. The van der Waals surface area contributed by atoms with Crippen LogP contribution in [0.5, 0.6) is 5.75 Å². The Balaban J connectivity index is 2.10. The van der Waals surface area contributed by atoms with Crippen LogP contribution < -0.4 is 5.32 Å². The summed E-state index contributed by atoms with van der Waals surface area (Å²) in [6.07, 6.45) is 2.11. The molecule has 0 saturated heterocycles. The third-order valence-corrected chi connectivity index (χ3v) is 3.06. The Kier molecular flexibility index (Phi) is 4.40. The maximum Gasteiger partial charge on any atom is 0.408 e. The van der Waals surface area contributed by atoms with Crippen LogP contribution in [-0.2, 0) is 16.0 Å². The Morgan fingerprint density at radius 2 is 2.18 bits per heavy atom. The standard InChI is InChI=1S/C16H20N2O4/c1-16(2,3)22-15(21)18-11(9-19)6-10-8-17-14-5-4-12(20)7-13(10)14/h4-5,7-9,11,17,20H,6H2,1-3H3,(H,18,21)/t11-/m1/s1. The van der Waals surface area contributed by atoms with E-state index >= 15 is 0 Å². The number of rotatable bonds is 4. The van der Waals surface area contributed by atoms with Gasteiger partial charge in [-0.25, -0.2) is 4.79 Å². The molecule has 0 fully saturated rings. The minimum atomic E-state index is -0.698. The second kappa shape index (κ2) is 6.09. The SMILES string of the molecule is CC(C)(C)OC(=O)N[C@@H](C=O)Cc1c[nH]c2ccc(O)cc12. The molecule has 1 atom stereocenters. The fourth-order valence-corrected chi connectivity index (χ4v) is 2.16. The molecule has 0 aliphatic heterocycles. The van der Waals surface area contributed by atoms with Crippen molar-refractivity contribution in [2.45, 2.75) is 38.8 Å². The van der Waals surface area contributed by atoms with Crippen LogP contribution in [0.15, 0.2) is 24.4 Å². The molecule has 2 rings (SSSR count). The molecule has 0 spiro atoms. The molecule has 1 aromatic carbocycles. The molecule has 0 saturated carbocycles. The van der Waals surface area contributed by atoms with Crippen LogP contribution in [0.25, 0.3) is 10.9 Å². The zero-order chi connectivity index (χ0) is 16.3. The Hall–Kier alpha value is -2.50. The van der Waals surface area contributed by atoms with E-state index in [-0.39, 0.29) is 5.75 Å². The van der Waals surface area contributed by atoms with Crippen LogP contribution >= 0.6 is 0 Å². The van der Waals surface area contributed by atoms with Crippen LogP contribution in [0.2, 0.25) is 0 Å². The van der Waals surface area contributed by atoms with Gasteiger partial charge in [0, 0.05) is 23.5 Å². The summed E-state index contributed by atoms with van der Waals surface area (Å²) in [5, 5.41) is 12.9. The highest BCUT2D eigenvalue weighted by Crippen LogP contribution is 2.23. The number of phenolic OH excluding ortho intramolecular Hbond substituents is 1. The molecule has 0 aliphatic carbocycles. The van der Waals surface area contributed by atoms with Gasteiger partial charge in [-0.2, -0.15) is 0 Å². The highest BCUT2D eigenvalue weighted by atomic mass is 16.6. The van der Waals surface area contributed by atoms with Crippen molar-refractivity contribution < 1.29 is 19.4 Å². The number of carbonyl (C=O) groups excluding carboxylic acids is 2. The number of aldehydes is 1. The summed E-state index contributed by atoms with van der Waals surface area (Å²) in [7, 11) is 0. The summed E-state index contributed by atoms with van der Waals surface area (Å²) in [4.78, 5) is 26.0. The van der Waals surface area contributed by atoms with Crippen molar-refractivity contribution in [3.8, 4) is 5.75 Å². The van der Waals surface area contributed by atoms with E-state index in [1.54, 1.807) is 45.2 Å². The Morgan fingerprint density at radius 3 is 2.82 bits per heavy atom. The van der Waals surface area contributed by atoms with Gasteiger partial charge in [-0.3, -0.25) is 0 Å². The van der Waals surface area contributed by atoms with Gasteiger partial charge in [0.05, 0.1) is 6.04 Å². The topological polar surface area (TPSA) is 91.4 Å². The number of alkyl carbamates (subject to hydrolysis) is 1. The van der Waals surface area contributed by atoms with Gasteiger partial charge in [-0.05, 0) is 44.5 Å². The fraction of sp³-hybridized carbons (Fsp3) is 0.375. The number of fused-ring (bicyclic) bond motifs is 1. The minimum Gasteiger partial charge on any atom is -0.508 e. The molecule has 0 aliphatic rings. The second-order valence-electron chi connectivity index (χ2n) is 6.14. The molecular formula is C16H20N2O4. The van der Waals surface area contributed by atoms with Gasteiger partial charge in [0.2, 0.25) is 0 Å². The maximum absolute atomic E-state index is 11.7. The first-order chi connectivity index (χ1) is 10.3. The van der Waals surface area contributed by atoms with Crippen molar-refractivity contribution in [1.29, 1.82) is 0 Å². The largest absolute Gasteiger partial charge is 0.508 e. The lowest BCUT2D eigenvalue weighted by Gasteiger charge is -2.21. The molecule has 118 valence electrons. The third-order valence-electron chi connectivity index (χ3n) is 3.06. The van der Waals surface area contributed by atoms with Crippen molar-refractivity contribution in [2.24, 2.45) is 0 Å². The third kappa shape index (κ3) is 4.00. The van der Waals surface area contributed by atoms with Gasteiger partial charge in [-0.1, -0.05) is 0 Å².